The lowest BCUT2D eigenvalue weighted by molar-refractivity contribution is -0.124. The van der Waals surface area contributed by atoms with Crippen molar-refractivity contribution in [1.29, 1.82) is 0 Å². The van der Waals surface area contributed by atoms with E-state index < -0.39 is 0 Å². The molecule has 1 aliphatic rings. The minimum atomic E-state index is -0.332. The van der Waals surface area contributed by atoms with E-state index in [0.29, 0.717) is 18.9 Å². The minimum absolute atomic E-state index is 0.0316. The molecular weight excluding hydrogens is 247 g/mol. The normalized spacial score (nSPS) is 22.2. The Labute approximate surface area is 112 Å². The van der Waals surface area contributed by atoms with Crippen molar-refractivity contribution >= 4 is 5.91 Å². The molecule has 0 spiro atoms. The lowest BCUT2D eigenvalue weighted by atomic mass is 10.1. The molecule has 1 aliphatic carbocycles. The molecule has 0 radical (unpaired) electrons. The molecule has 5 heteroatoms. The van der Waals surface area contributed by atoms with Gasteiger partial charge in [-0.3, -0.25) is 4.79 Å². The van der Waals surface area contributed by atoms with Gasteiger partial charge in [-0.05, 0) is 31.4 Å². The first-order valence-corrected chi connectivity index (χ1v) is 6.57. The van der Waals surface area contributed by atoms with Gasteiger partial charge in [-0.25, -0.2) is 4.39 Å². The maximum atomic E-state index is 12.9. The van der Waals surface area contributed by atoms with E-state index in [1.165, 1.54) is 12.1 Å². The predicted octanol–water partition coefficient (Wildman–Crippen LogP) is 1.45. The van der Waals surface area contributed by atoms with Crippen LogP contribution in [0, 0.1) is 11.7 Å². The summed E-state index contributed by atoms with van der Waals surface area (Å²) in [6.45, 7) is 0.745. The molecule has 0 heterocycles. The highest BCUT2D eigenvalue weighted by atomic mass is 19.1. The van der Waals surface area contributed by atoms with Gasteiger partial charge in [0.15, 0.2) is 0 Å². The quantitative estimate of drug-likeness (QED) is 0.793. The Kier molecular flexibility index (Phi) is 4.74. The first-order chi connectivity index (χ1) is 9.15. The third kappa shape index (κ3) is 4.21. The van der Waals surface area contributed by atoms with Crippen LogP contribution in [0.3, 0.4) is 0 Å². The molecule has 1 aromatic carbocycles. The van der Waals surface area contributed by atoms with Crippen LogP contribution in [0.2, 0.25) is 0 Å². The summed E-state index contributed by atoms with van der Waals surface area (Å²) < 4.78 is 18.2. The second kappa shape index (κ2) is 6.52. The van der Waals surface area contributed by atoms with Crippen molar-refractivity contribution in [3.8, 4) is 5.75 Å². The van der Waals surface area contributed by atoms with Crippen LogP contribution in [0.1, 0.15) is 19.3 Å². The van der Waals surface area contributed by atoms with E-state index >= 15 is 0 Å². The molecule has 0 aliphatic heterocycles. The van der Waals surface area contributed by atoms with Gasteiger partial charge in [-0.15, -0.1) is 0 Å². The summed E-state index contributed by atoms with van der Waals surface area (Å²) in [7, 11) is 0. The van der Waals surface area contributed by atoms with E-state index in [0.717, 1.165) is 19.3 Å². The summed E-state index contributed by atoms with van der Waals surface area (Å²) in [4.78, 5) is 11.8. The van der Waals surface area contributed by atoms with Crippen LogP contribution < -0.4 is 15.8 Å². The highest BCUT2D eigenvalue weighted by Gasteiger charge is 2.27. The fraction of sp³-hybridized carbons (Fsp3) is 0.500. The summed E-state index contributed by atoms with van der Waals surface area (Å²) in [6, 6.07) is 6.10. The van der Waals surface area contributed by atoms with Gasteiger partial charge in [-0.2, -0.15) is 0 Å². The molecule has 0 aromatic heterocycles. The monoisotopic (exact) mass is 266 g/mol. The number of halogens is 1. The summed E-state index contributed by atoms with van der Waals surface area (Å²) >= 11 is 0. The Morgan fingerprint density at radius 1 is 1.47 bits per heavy atom. The molecule has 0 saturated heterocycles. The van der Waals surface area contributed by atoms with E-state index in [2.05, 4.69) is 5.32 Å². The minimum Gasteiger partial charge on any atom is -0.492 e. The maximum Gasteiger partial charge on any atom is 0.223 e. The third-order valence-corrected chi connectivity index (χ3v) is 3.31. The van der Waals surface area contributed by atoms with Gasteiger partial charge in [0, 0.05) is 18.0 Å². The molecule has 19 heavy (non-hydrogen) atoms. The summed E-state index contributed by atoms with van der Waals surface area (Å²) in [5.41, 5.74) is 5.77. The van der Waals surface area contributed by atoms with E-state index in [-0.39, 0.29) is 23.7 Å². The molecule has 104 valence electrons. The second-order valence-electron chi connectivity index (χ2n) is 4.87. The summed E-state index contributed by atoms with van der Waals surface area (Å²) in [5, 5.41) is 2.82. The molecule has 2 unspecified atom stereocenters. The third-order valence-electron chi connectivity index (χ3n) is 3.31. The highest BCUT2D eigenvalue weighted by molar-refractivity contribution is 5.78. The average molecular weight is 266 g/mol. The number of hydrogen-bond acceptors (Lipinski definition) is 3. The first-order valence-electron chi connectivity index (χ1n) is 6.57. The Morgan fingerprint density at radius 2 is 2.32 bits per heavy atom. The van der Waals surface area contributed by atoms with Crippen molar-refractivity contribution in [2.75, 3.05) is 13.2 Å². The lowest BCUT2D eigenvalue weighted by Gasteiger charge is -2.11. The fourth-order valence-electron chi connectivity index (χ4n) is 2.30. The van der Waals surface area contributed by atoms with Gasteiger partial charge in [0.2, 0.25) is 5.91 Å². The van der Waals surface area contributed by atoms with Gasteiger partial charge in [0.25, 0.3) is 0 Å². The summed E-state index contributed by atoms with van der Waals surface area (Å²) in [5.74, 6) is 0.207. The molecule has 2 rings (SSSR count). The van der Waals surface area contributed by atoms with Crippen LogP contribution in [-0.2, 0) is 4.79 Å². The van der Waals surface area contributed by atoms with Crippen molar-refractivity contribution in [3.63, 3.8) is 0 Å². The second-order valence-corrected chi connectivity index (χ2v) is 4.87. The number of ether oxygens (including phenoxy) is 1. The molecule has 1 fully saturated rings. The highest BCUT2D eigenvalue weighted by Crippen LogP contribution is 2.23. The van der Waals surface area contributed by atoms with Crippen molar-refractivity contribution in [3.05, 3.63) is 30.1 Å². The van der Waals surface area contributed by atoms with Crippen molar-refractivity contribution < 1.29 is 13.9 Å². The predicted molar refractivity (Wildman–Crippen MR) is 70.2 cm³/mol. The van der Waals surface area contributed by atoms with Crippen LogP contribution in [0.5, 0.6) is 5.75 Å². The van der Waals surface area contributed by atoms with Crippen LogP contribution in [-0.4, -0.2) is 25.1 Å². The van der Waals surface area contributed by atoms with Crippen LogP contribution >= 0.6 is 0 Å². The van der Waals surface area contributed by atoms with Gasteiger partial charge in [0.1, 0.15) is 18.2 Å². The Bertz CT molecular complexity index is 439. The van der Waals surface area contributed by atoms with E-state index in [1.807, 2.05) is 0 Å². The zero-order valence-electron chi connectivity index (χ0n) is 10.8. The fourth-order valence-corrected chi connectivity index (χ4v) is 2.30. The number of carbonyl (C=O) groups is 1. The number of carbonyl (C=O) groups excluding carboxylic acids is 1. The lowest BCUT2D eigenvalue weighted by Crippen LogP contribution is -2.33. The molecule has 4 nitrogen and oxygen atoms in total. The first kappa shape index (κ1) is 13.8. The summed E-state index contributed by atoms with van der Waals surface area (Å²) in [6.07, 6.45) is 2.53. The smallest absolute Gasteiger partial charge is 0.223 e. The van der Waals surface area contributed by atoms with Gasteiger partial charge in [-0.1, -0.05) is 6.07 Å². The van der Waals surface area contributed by atoms with E-state index in [1.54, 1.807) is 12.1 Å². The average Bonchev–Trinajstić information content (AvgIpc) is 2.81. The number of rotatable bonds is 5. The van der Waals surface area contributed by atoms with Crippen LogP contribution in [0.15, 0.2) is 24.3 Å². The zero-order chi connectivity index (χ0) is 13.7. The van der Waals surface area contributed by atoms with Crippen molar-refractivity contribution in [2.45, 2.75) is 25.3 Å². The number of nitrogens with one attached hydrogen (secondary N) is 1. The SMILES string of the molecule is NC1CCC(C(=O)NCCOc2cccc(F)c2)C1. The molecule has 2 atom stereocenters. The largest absolute Gasteiger partial charge is 0.492 e. The molecular formula is C14H19FN2O2. The van der Waals surface area contributed by atoms with Crippen LogP contribution in [0.4, 0.5) is 4.39 Å². The number of hydrogen-bond donors (Lipinski definition) is 2. The zero-order valence-corrected chi connectivity index (χ0v) is 10.8. The topological polar surface area (TPSA) is 64.4 Å². The van der Waals surface area contributed by atoms with Crippen LogP contribution in [0.25, 0.3) is 0 Å². The molecule has 0 bridgehead atoms. The molecule has 1 amide bonds. The number of benzene rings is 1. The van der Waals surface area contributed by atoms with Gasteiger partial charge in [0.05, 0.1) is 6.54 Å². The van der Waals surface area contributed by atoms with Gasteiger partial charge < -0.3 is 15.8 Å². The molecule has 1 aromatic rings. The Hall–Kier alpha value is -1.62. The number of amides is 1. The standard InChI is InChI=1S/C14H19FN2O2/c15-11-2-1-3-13(9-11)19-7-6-17-14(18)10-4-5-12(16)8-10/h1-3,9-10,12H,4-8,16H2,(H,17,18). The Morgan fingerprint density at radius 3 is 3.00 bits per heavy atom. The Balaban J connectivity index is 1.65. The maximum absolute atomic E-state index is 12.9. The van der Waals surface area contributed by atoms with Crippen molar-refractivity contribution in [1.82, 2.24) is 5.32 Å². The number of nitrogens with two attached hydrogens (primary N) is 1. The van der Waals surface area contributed by atoms with Gasteiger partial charge >= 0.3 is 0 Å². The van der Waals surface area contributed by atoms with Crippen molar-refractivity contribution in [2.24, 2.45) is 11.7 Å². The molecule has 1 saturated carbocycles. The van der Waals surface area contributed by atoms with E-state index in [4.69, 9.17) is 10.5 Å². The van der Waals surface area contributed by atoms with E-state index in [9.17, 15) is 9.18 Å². The molecule has 3 N–H and O–H groups in total.